The van der Waals surface area contributed by atoms with Crippen LogP contribution < -0.4 is 0 Å². The Labute approximate surface area is 198 Å². The van der Waals surface area contributed by atoms with Crippen LogP contribution in [0.25, 0.3) is 22.3 Å². The molecule has 2 aromatic heterocycles. The number of nitrogens with zero attached hydrogens (tertiary/aromatic N) is 2. The fraction of sp³-hybridized carbons (Fsp3) is 0.148. The Hall–Kier alpha value is -3.01. The molecule has 5 heteroatoms. The maximum absolute atomic E-state index is 13.9. The van der Waals surface area contributed by atoms with Gasteiger partial charge in [0, 0.05) is 34.6 Å². The molecule has 2 aromatic carbocycles. The van der Waals surface area contributed by atoms with Crippen molar-refractivity contribution in [1.29, 1.82) is 0 Å². The number of rotatable bonds is 6. The standard InChI is InChI=1S/C27H22Cl2N2O/c1-3-17-9-11-19(23(15-17)21-7-5-13-30-26(21)28)25(32)20-12-10-18(4-2)16-24(20)22-8-6-14-31-27(22)29/h5-16H,3-4H2,1-2H3. The van der Waals surface area contributed by atoms with E-state index in [1.807, 2.05) is 60.7 Å². The predicted octanol–water partition coefficient (Wildman–Crippen LogP) is 7.47. The SMILES string of the molecule is CCc1ccc(C(=O)c2ccc(CC)cc2-c2cccnc2Cl)c(-c2cccnc2Cl)c1. The average Bonchev–Trinajstić information content (AvgIpc) is 2.83. The fourth-order valence-electron chi connectivity index (χ4n) is 3.78. The highest BCUT2D eigenvalue weighted by atomic mass is 35.5. The van der Waals surface area contributed by atoms with Gasteiger partial charge in [-0.25, -0.2) is 9.97 Å². The van der Waals surface area contributed by atoms with Crippen LogP contribution in [0.2, 0.25) is 10.3 Å². The number of hydrogen-bond donors (Lipinski definition) is 0. The first-order chi connectivity index (χ1) is 15.5. The third-order valence-electron chi connectivity index (χ3n) is 5.57. The van der Waals surface area contributed by atoms with Gasteiger partial charge in [0.2, 0.25) is 0 Å². The summed E-state index contributed by atoms with van der Waals surface area (Å²) in [5, 5.41) is 0.735. The van der Waals surface area contributed by atoms with E-state index in [2.05, 4.69) is 23.8 Å². The van der Waals surface area contributed by atoms with Crippen LogP contribution in [-0.2, 0) is 12.8 Å². The Morgan fingerprint density at radius 2 is 1.12 bits per heavy atom. The molecule has 3 nitrogen and oxygen atoms in total. The Morgan fingerprint density at radius 3 is 1.50 bits per heavy atom. The van der Waals surface area contributed by atoms with Crippen LogP contribution in [0.3, 0.4) is 0 Å². The summed E-state index contributed by atoms with van der Waals surface area (Å²) in [6.07, 6.45) is 4.98. The number of carbonyl (C=O) groups excluding carboxylic acids is 1. The number of pyridine rings is 2. The van der Waals surface area contributed by atoms with Crippen LogP contribution in [0.5, 0.6) is 0 Å². The highest BCUT2D eigenvalue weighted by Gasteiger charge is 2.21. The van der Waals surface area contributed by atoms with Gasteiger partial charge in [-0.3, -0.25) is 4.79 Å². The molecule has 0 aliphatic carbocycles. The summed E-state index contributed by atoms with van der Waals surface area (Å²) in [5.41, 5.74) is 6.40. The van der Waals surface area contributed by atoms with E-state index in [0.717, 1.165) is 46.2 Å². The van der Waals surface area contributed by atoms with Gasteiger partial charge in [-0.2, -0.15) is 0 Å². The Bertz CT molecular complexity index is 1200. The average molecular weight is 461 g/mol. The molecule has 0 bridgehead atoms. The molecule has 0 N–H and O–H groups in total. The summed E-state index contributed by atoms with van der Waals surface area (Å²) in [6.45, 7) is 4.16. The van der Waals surface area contributed by atoms with Gasteiger partial charge in [0.1, 0.15) is 10.3 Å². The maximum atomic E-state index is 13.9. The second-order valence-corrected chi connectivity index (χ2v) is 8.20. The Balaban J connectivity index is 1.93. The van der Waals surface area contributed by atoms with Gasteiger partial charge in [-0.1, -0.05) is 73.4 Å². The van der Waals surface area contributed by atoms with Crippen molar-refractivity contribution in [3.05, 3.63) is 106 Å². The van der Waals surface area contributed by atoms with E-state index in [9.17, 15) is 4.79 Å². The number of aryl methyl sites for hydroxylation is 2. The van der Waals surface area contributed by atoms with Gasteiger partial charge in [0.15, 0.2) is 5.78 Å². The smallest absolute Gasteiger partial charge is 0.194 e. The largest absolute Gasteiger partial charge is 0.289 e. The molecule has 0 saturated carbocycles. The number of carbonyl (C=O) groups is 1. The first-order valence-electron chi connectivity index (χ1n) is 10.6. The van der Waals surface area contributed by atoms with E-state index >= 15 is 0 Å². The molecule has 0 amide bonds. The molecule has 0 spiro atoms. The zero-order valence-corrected chi connectivity index (χ0v) is 19.4. The number of halogens is 2. The zero-order valence-electron chi connectivity index (χ0n) is 17.9. The highest BCUT2D eigenvalue weighted by Crippen LogP contribution is 2.35. The minimum atomic E-state index is -0.0971. The van der Waals surface area contributed by atoms with Crippen LogP contribution in [0.1, 0.15) is 40.9 Å². The van der Waals surface area contributed by atoms with Gasteiger partial charge in [0.05, 0.1) is 0 Å². The third-order valence-corrected chi connectivity index (χ3v) is 6.17. The van der Waals surface area contributed by atoms with Crippen molar-refractivity contribution in [2.45, 2.75) is 26.7 Å². The Kier molecular flexibility index (Phi) is 6.69. The topological polar surface area (TPSA) is 42.9 Å². The maximum Gasteiger partial charge on any atom is 0.194 e. The van der Waals surface area contributed by atoms with E-state index in [-0.39, 0.29) is 5.78 Å². The molecule has 160 valence electrons. The number of ketones is 1. The van der Waals surface area contributed by atoms with Crippen LogP contribution in [-0.4, -0.2) is 15.8 Å². The summed E-state index contributed by atoms with van der Waals surface area (Å²) in [7, 11) is 0. The molecule has 0 aliphatic heterocycles. The van der Waals surface area contributed by atoms with Crippen molar-refractivity contribution in [3.63, 3.8) is 0 Å². The summed E-state index contributed by atoms with van der Waals surface area (Å²) < 4.78 is 0. The molecule has 4 rings (SSSR count). The molecular formula is C27H22Cl2N2O. The normalized spacial score (nSPS) is 10.9. The molecule has 0 aliphatic rings. The second-order valence-electron chi connectivity index (χ2n) is 7.48. The van der Waals surface area contributed by atoms with Crippen LogP contribution in [0, 0.1) is 0 Å². The number of benzene rings is 2. The minimum absolute atomic E-state index is 0.0971. The van der Waals surface area contributed by atoms with Gasteiger partial charge in [-0.15, -0.1) is 0 Å². The molecule has 0 unspecified atom stereocenters. The van der Waals surface area contributed by atoms with E-state index in [4.69, 9.17) is 23.2 Å². The summed E-state index contributed by atoms with van der Waals surface area (Å²) >= 11 is 12.8. The Morgan fingerprint density at radius 1 is 0.688 bits per heavy atom. The monoisotopic (exact) mass is 460 g/mol. The summed E-state index contributed by atoms with van der Waals surface area (Å²) in [4.78, 5) is 22.4. The molecule has 0 saturated heterocycles. The lowest BCUT2D eigenvalue weighted by atomic mass is 9.88. The second kappa shape index (κ2) is 9.64. The lowest BCUT2D eigenvalue weighted by Gasteiger charge is -2.15. The lowest BCUT2D eigenvalue weighted by molar-refractivity contribution is 0.104. The molecular weight excluding hydrogens is 439 g/mol. The van der Waals surface area contributed by atoms with Crippen molar-refractivity contribution in [1.82, 2.24) is 9.97 Å². The van der Waals surface area contributed by atoms with E-state index in [1.165, 1.54) is 0 Å². The summed E-state index contributed by atoms with van der Waals surface area (Å²) in [5.74, 6) is -0.0971. The zero-order chi connectivity index (χ0) is 22.7. The van der Waals surface area contributed by atoms with Crippen LogP contribution in [0.15, 0.2) is 73.1 Å². The van der Waals surface area contributed by atoms with E-state index < -0.39 is 0 Å². The van der Waals surface area contributed by atoms with Crippen LogP contribution in [0.4, 0.5) is 0 Å². The van der Waals surface area contributed by atoms with Crippen molar-refractivity contribution in [2.75, 3.05) is 0 Å². The molecule has 2 heterocycles. The van der Waals surface area contributed by atoms with Crippen molar-refractivity contribution in [2.24, 2.45) is 0 Å². The highest BCUT2D eigenvalue weighted by molar-refractivity contribution is 6.33. The summed E-state index contributed by atoms with van der Waals surface area (Å²) in [6, 6.07) is 19.2. The molecule has 0 atom stereocenters. The molecule has 0 fully saturated rings. The minimum Gasteiger partial charge on any atom is -0.289 e. The van der Waals surface area contributed by atoms with E-state index in [0.29, 0.717) is 21.4 Å². The molecule has 4 aromatic rings. The first-order valence-corrected chi connectivity index (χ1v) is 11.3. The van der Waals surface area contributed by atoms with Gasteiger partial charge < -0.3 is 0 Å². The van der Waals surface area contributed by atoms with E-state index in [1.54, 1.807) is 12.4 Å². The predicted molar refractivity (Wildman–Crippen MR) is 132 cm³/mol. The lowest BCUT2D eigenvalue weighted by Crippen LogP contribution is -2.07. The van der Waals surface area contributed by atoms with Crippen LogP contribution >= 0.6 is 23.2 Å². The number of aromatic nitrogens is 2. The van der Waals surface area contributed by atoms with Gasteiger partial charge in [0.25, 0.3) is 0 Å². The van der Waals surface area contributed by atoms with Gasteiger partial charge in [-0.05, 0) is 59.4 Å². The van der Waals surface area contributed by atoms with Crippen molar-refractivity contribution < 1.29 is 4.79 Å². The third kappa shape index (κ3) is 4.32. The number of hydrogen-bond acceptors (Lipinski definition) is 3. The molecule has 0 radical (unpaired) electrons. The van der Waals surface area contributed by atoms with Crippen molar-refractivity contribution >= 4 is 29.0 Å². The first kappa shape index (κ1) is 22.2. The van der Waals surface area contributed by atoms with Crippen molar-refractivity contribution in [3.8, 4) is 22.3 Å². The molecule has 32 heavy (non-hydrogen) atoms. The quantitative estimate of drug-likeness (QED) is 0.221. The fourth-order valence-corrected chi connectivity index (χ4v) is 4.23. The van der Waals surface area contributed by atoms with Gasteiger partial charge >= 0.3 is 0 Å².